The van der Waals surface area contributed by atoms with Crippen molar-refractivity contribution in [1.82, 2.24) is 4.57 Å². The first-order valence-corrected chi connectivity index (χ1v) is 6.41. The number of rotatable bonds is 2. The summed E-state index contributed by atoms with van der Waals surface area (Å²) in [5, 5.41) is 1.78. The van der Waals surface area contributed by atoms with Crippen molar-refractivity contribution < 1.29 is 18.0 Å². The highest BCUT2D eigenvalue weighted by atomic mass is 35.5. The number of hydrogen-bond acceptors (Lipinski definition) is 2. The fourth-order valence-electron chi connectivity index (χ4n) is 1.79. The van der Waals surface area contributed by atoms with Crippen molar-refractivity contribution >= 4 is 23.2 Å². The Labute approximate surface area is 128 Å². The van der Waals surface area contributed by atoms with Crippen LogP contribution in [0.5, 0.6) is 0 Å². The fraction of sp³-hybridized carbons (Fsp3) is 0.143. The van der Waals surface area contributed by atoms with Crippen LogP contribution in [0.25, 0.3) is 0 Å². The van der Waals surface area contributed by atoms with E-state index in [2.05, 4.69) is 5.32 Å². The van der Waals surface area contributed by atoms with Crippen LogP contribution in [0, 0.1) is 0 Å². The van der Waals surface area contributed by atoms with Gasteiger partial charge >= 0.3 is 6.18 Å². The van der Waals surface area contributed by atoms with Gasteiger partial charge in [-0.15, -0.1) is 0 Å². The molecule has 0 aliphatic carbocycles. The molecule has 1 aromatic carbocycles. The molecular weight excluding hydrogens is 321 g/mol. The van der Waals surface area contributed by atoms with E-state index in [9.17, 15) is 22.8 Å². The molecule has 0 atom stereocenters. The summed E-state index contributed by atoms with van der Waals surface area (Å²) in [7, 11) is 1.46. The highest BCUT2D eigenvalue weighted by Crippen LogP contribution is 2.36. The molecule has 0 aliphatic rings. The molecule has 0 bridgehead atoms. The van der Waals surface area contributed by atoms with Crippen LogP contribution in [0.3, 0.4) is 0 Å². The van der Waals surface area contributed by atoms with Gasteiger partial charge in [0.1, 0.15) is 5.56 Å². The molecule has 22 heavy (non-hydrogen) atoms. The van der Waals surface area contributed by atoms with E-state index in [0.29, 0.717) is 6.07 Å². The van der Waals surface area contributed by atoms with Crippen molar-refractivity contribution in [1.29, 1.82) is 0 Å². The molecular formula is C14H10ClF3N2O2. The molecule has 0 fully saturated rings. The molecule has 0 spiro atoms. The fourth-order valence-corrected chi connectivity index (χ4v) is 2.01. The predicted octanol–water partition coefficient (Wildman–Crippen LogP) is 3.31. The Bertz CT molecular complexity index is 784. The average Bonchev–Trinajstić information content (AvgIpc) is 2.42. The van der Waals surface area contributed by atoms with Crippen LogP contribution < -0.4 is 10.9 Å². The van der Waals surface area contributed by atoms with Crippen molar-refractivity contribution in [2.75, 3.05) is 5.32 Å². The second-order valence-electron chi connectivity index (χ2n) is 4.48. The van der Waals surface area contributed by atoms with E-state index in [1.54, 1.807) is 0 Å². The minimum Gasteiger partial charge on any atom is -0.322 e. The number of aryl methyl sites for hydroxylation is 1. The summed E-state index contributed by atoms with van der Waals surface area (Å²) < 4.78 is 39.5. The Balaban J connectivity index is 2.33. The van der Waals surface area contributed by atoms with Gasteiger partial charge in [-0.05, 0) is 30.3 Å². The Morgan fingerprint density at radius 1 is 1.27 bits per heavy atom. The van der Waals surface area contributed by atoms with Crippen molar-refractivity contribution in [3.63, 3.8) is 0 Å². The van der Waals surface area contributed by atoms with Gasteiger partial charge in [0.2, 0.25) is 0 Å². The Morgan fingerprint density at radius 3 is 2.59 bits per heavy atom. The topological polar surface area (TPSA) is 51.1 Å². The van der Waals surface area contributed by atoms with Gasteiger partial charge in [0.25, 0.3) is 11.5 Å². The van der Waals surface area contributed by atoms with Crippen LogP contribution in [0.4, 0.5) is 18.9 Å². The van der Waals surface area contributed by atoms with Crippen molar-refractivity contribution in [3.05, 3.63) is 63.0 Å². The first-order chi connectivity index (χ1) is 10.2. The summed E-state index contributed by atoms with van der Waals surface area (Å²) in [4.78, 5) is 23.8. The molecule has 8 heteroatoms. The first-order valence-electron chi connectivity index (χ1n) is 6.04. The molecule has 1 amide bonds. The third kappa shape index (κ3) is 3.30. The van der Waals surface area contributed by atoms with Gasteiger partial charge in [-0.25, -0.2) is 0 Å². The number of nitrogens with zero attached hydrogens (tertiary/aromatic N) is 1. The van der Waals surface area contributed by atoms with Gasteiger partial charge < -0.3 is 9.88 Å². The molecule has 1 N–H and O–H groups in total. The van der Waals surface area contributed by atoms with Crippen LogP contribution in [0.15, 0.2) is 41.3 Å². The smallest absolute Gasteiger partial charge is 0.322 e. The van der Waals surface area contributed by atoms with Gasteiger partial charge in [-0.2, -0.15) is 13.2 Å². The maximum atomic E-state index is 12.8. The number of anilines is 1. The quantitative estimate of drug-likeness (QED) is 0.918. The van der Waals surface area contributed by atoms with Gasteiger partial charge in [-0.3, -0.25) is 9.59 Å². The van der Waals surface area contributed by atoms with Crippen LogP contribution in [-0.4, -0.2) is 10.5 Å². The van der Waals surface area contributed by atoms with Crippen LogP contribution in [0.1, 0.15) is 15.9 Å². The number of carbonyl (C=O) groups is 1. The minimum atomic E-state index is -4.64. The normalized spacial score (nSPS) is 11.3. The molecule has 116 valence electrons. The van der Waals surface area contributed by atoms with Crippen LogP contribution in [-0.2, 0) is 13.2 Å². The number of pyridine rings is 1. The molecule has 0 radical (unpaired) electrons. The lowest BCUT2D eigenvalue weighted by Gasteiger charge is -2.11. The number of carbonyl (C=O) groups excluding carboxylic acids is 1. The number of hydrogen-bond donors (Lipinski definition) is 1. The first kappa shape index (κ1) is 16.1. The summed E-state index contributed by atoms with van der Waals surface area (Å²) in [5.41, 5.74) is -1.89. The van der Waals surface area contributed by atoms with E-state index >= 15 is 0 Å². The van der Waals surface area contributed by atoms with E-state index in [-0.39, 0.29) is 11.3 Å². The zero-order chi connectivity index (χ0) is 16.5. The summed E-state index contributed by atoms with van der Waals surface area (Å²) in [6.07, 6.45) is -3.18. The molecule has 1 aromatic heterocycles. The molecule has 2 aromatic rings. The highest BCUT2D eigenvalue weighted by molar-refractivity contribution is 6.31. The number of benzene rings is 1. The average molecular weight is 331 g/mol. The van der Waals surface area contributed by atoms with Gasteiger partial charge in [0, 0.05) is 18.9 Å². The molecule has 2 rings (SSSR count). The predicted molar refractivity (Wildman–Crippen MR) is 76.1 cm³/mol. The minimum absolute atomic E-state index is 0.104. The van der Waals surface area contributed by atoms with Crippen LogP contribution >= 0.6 is 11.6 Å². The van der Waals surface area contributed by atoms with E-state index < -0.39 is 28.2 Å². The second-order valence-corrected chi connectivity index (χ2v) is 4.89. The van der Waals surface area contributed by atoms with E-state index in [1.807, 2.05) is 0 Å². The van der Waals surface area contributed by atoms with Crippen molar-refractivity contribution in [3.8, 4) is 0 Å². The summed E-state index contributed by atoms with van der Waals surface area (Å²) in [5.74, 6) is -0.795. The lowest BCUT2D eigenvalue weighted by molar-refractivity contribution is -0.137. The second kappa shape index (κ2) is 5.84. The zero-order valence-corrected chi connectivity index (χ0v) is 12.0. The van der Waals surface area contributed by atoms with E-state index in [1.165, 1.54) is 36.0 Å². The SMILES string of the molecule is Cn1cccc(C(=O)Nc2ccc(Cl)c(C(F)(F)F)c2)c1=O. The molecule has 4 nitrogen and oxygen atoms in total. The third-order valence-electron chi connectivity index (χ3n) is 2.90. The van der Waals surface area contributed by atoms with Gasteiger partial charge in [0.05, 0.1) is 10.6 Å². The van der Waals surface area contributed by atoms with Crippen LogP contribution in [0.2, 0.25) is 5.02 Å². The monoisotopic (exact) mass is 330 g/mol. The number of alkyl halides is 3. The standard InChI is InChI=1S/C14H10ClF3N2O2/c1-20-6-2-3-9(13(20)22)12(21)19-8-4-5-11(15)10(7-8)14(16,17)18/h2-7H,1H3,(H,19,21). The summed E-state index contributed by atoms with van der Waals surface area (Å²) >= 11 is 5.49. The van der Waals surface area contributed by atoms with E-state index in [4.69, 9.17) is 11.6 Å². The lowest BCUT2D eigenvalue weighted by atomic mass is 10.2. The maximum absolute atomic E-state index is 12.8. The van der Waals surface area contributed by atoms with Crippen molar-refractivity contribution in [2.24, 2.45) is 7.05 Å². The number of halogens is 4. The molecule has 0 unspecified atom stereocenters. The van der Waals surface area contributed by atoms with Crippen molar-refractivity contribution in [2.45, 2.75) is 6.18 Å². The number of nitrogens with one attached hydrogen (secondary N) is 1. The number of amides is 1. The Kier molecular flexibility index (Phi) is 4.27. The maximum Gasteiger partial charge on any atom is 0.417 e. The molecule has 0 saturated heterocycles. The van der Waals surface area contributed by atoms with Gasteiger partial charge in [0.15, 0.2) is 0 Å². The molecule has 1 heterocycles. The van der Waals surface area contributed by atoms with Gasteiger partial charge in [-0.1, -0.05) is 11.6 Å². The molecule has 0 aliphatic heterocycles. The highest BCUT2D eigenvalue weighted by Gasteiger charge is 2.33. The Morgan fingerprint density at radius 2 is 1.95 bits per heavy atom. The number of aromatic nitrogens is 1. The third-order valence-corrected chi connectivity index (χ3v) is 3.23. The van der Waals surface area contributed by atoms with E-state index in [0.717, 1.165) is 6.07 Å². The summed E-state index contributed by atoms with van der Waals surface area (Å²) in [6.45, 7) is 0. The Hall–Kier alpha value is -2.28. The zero-order valence-electron chi connectivity index (χ0n) is 11.2. The molecule has 0 saturated carbocycles. The summed E-state index contributed by atoms with van der Waals surface area (Å²) in [6, 6.07) is 5.75. The largest absolute Gasteiger partial charge is 0.417 e. The lowest BCUT2D eigenvalue weighted by Crippen LogP contribution is -2.27.